The van der Waals surface area contributed by atoms with Gasteiger partial charge in [-0.2, -0.15) is 0 Å². The van der Waals surface area contributed by atoms with Gasteiger partial charge in [0.15, 0.2) is 5.96 Å². The van der Waals surface area contributed by atoms with Crippen molar-refractivity contribution in [3.63, 3.8) is 0 Å². The fourth-order valence-corrected chi connectivity index (χ4v) is 2.73. The maximum Gasteiger partial charge on any atom is 0.200 e. The molecule has 0 saturated heterocycles. The van der Waals surface area contributed by atoms with E-state index in [1.54, 1.807) is 7.05 Å². The number of hydrogen-bond donors (Lipinski definition) is 2. The molecule has 0 aliphatic heterocycles. The molecule has 0 saturated carbocycles. The van der Waals surface area contributed by atoms with Gasteiger partial charge in [0.05, 0.1) is 0 Å². The lowest BCUT2D eigenvalue weighted by Gasteiger charge is -2.16. The van der Waals surface area contributed by atoms with Crippen LogP contribution in [0, 0.1) is 0 Å². The second kappa shape index (κ2) is 9.26. The molecule has 2 rings (SSSR count). The van der Waals surface area contributed by atoms with Crippen LogP contribution in [-0.4, -0.2) is 13.0 Å². The van der Waals surface area contributed by atoms with Crippen molar-refractivity contribution < 1.29 is 0 Å². The SMILES string of the molecule is CCC(C)c1cccc(NC(=NC)Nc2cccc(C(C)CC)c2)c1. The summed E-state index contributed by atoms with van der Waals surface area (Å²) in [6, 6.07) is 17.1. The topological polar surface area (TPSA) is 36.4 Å². The zero-order valence-corrected chi connectivity index (χ0v) is 16.1. The molecule has 3 heteroatoms. The normalized spacial score (nSPS) is 13.0. The zero-order valence-electron chi connectivity index (χ0n) is 16.1. The van der Waals surface area contributed by atoms with Crippen LogP contribution in [-0.2, 0) is 0 Å². The van der Waals surface area contributed by atoms with E-state index in [9.17, 15) is 0 Å². The molecule has 0 aromatic heterocycles. The van der Waals surface area contributed by atoms with Gasteiger partial charge < -0.3 is 10.6 Å². The molecule has 0 bridgehead atoms. The van der Waals surface area contributed by atoms with Crippen LogP contribution in [0.2, 0.25) is 0 Å². The van der Waals surface area contributed by atoms with Crippen molar-refractivity contribution in [3.8, 4) is 0 Å². The number of guanidine groups is 1. The second-order valence-corrected chi connectivity index (χ2v) is 6.69. The van der Waals surface area contributed by atoms with Crippen LogP contribution in [0.4, 0.5) is 11.4 Å². The molecule has 0 heterocycles. The number of aliphatic imine (C=N–C) groups is 1. The Bertz CT molecular complexity index is 648. The number of nitrogens with one attached hydrogen (secondary N) is 2. The van der Waals surface area contributed by atoms with Gasteiger partial charge in [-0.25, -0.2) is 0 Å². The smallest absolute Gasteiger partial charge is 0.200 e. The first-order valence-corrected chi connectivity index (χ1v) is 9.28. The molecular weight excluding hydrogens is 306 g/mol. The maximum absolute atomic E-state index is 4.36. The molecule has 134 valence electrons. The Hall–Kier alpha value is -2.29. The first-order valence-electron chi connectivity index (χ1n) is 9.28. The minimum absolute atomic E-state index is 0.559. The summed E-state index contributed by atoms with van der Waals surface area (Å²) in [5.74, 6) is 1.87. The van der Waals surface area contributed by atoms with Gasteiger partial charge >= 0.3 is 0 Å². The van der Waals surface area contributed by atoms with Crippen molar-refractivity contribution in [2.75, 3.05) is 17.7 Å². The summed E-state index contributed by atoms with van der Waals surface area (Å²) in [4.78, 5) is 4.36. The Kier molecular flexibility index (Phi) is 7.05. The highest BCUT2D eigenvalue weighted by molar-refractivity contribution is 6.03. The van der Waals surface area contributed by atoms with Crippen LogP contribution in [0.15, 0.2) is 53.5 Å². The lowest BCUT2D eigenvalue weighted by atomic mass is 9.98. The Morgan fingerprint density at radius 1 is 0.840 bits per heavy atom. The number of rotatable bonds is 6. The van der Waals surface area contributed by atoms with Crippen molar-refractivity contribution in [1.82, 2.24) is 0 Å². The van der Waals surface area contributed by atoms with Gasteiger partial charge in [0, 0.05) is 18.4 Å². The third kappa shape index (κ3) is 5.35. The predicted molar refractivity (Wildman–Crippen MR) is 111 cm³/mol. The molecule has 0 aliphatic rings. The number of benzene rings is 2. The summed E-state index contributed by atoms with van der Waals surface area (Å²) in [7, 11) is 1.80. The quantitative estimate of drug-likeness (QED) is 0.484. The van der Waals surface area contributed by atoms with E-state index in [0.717, 1.165) is 30.2 Å². The first kappa shape index (κ1) is 19.0. The van der Waals surface area contributed by atoms with Gasteiger partial charge in [-0.05, 0) is 60.1 Å². The van der Waals surface area contributed by atoms with E-state index in [1.165, 1.54) is 11.1 Å². The van der Waals surface area contributed by atoms with E-state index in [4.69, 9.17) is 0 Å². The molecule has 0 fully saturated rings. The Balaban J connectivity index is 2.11. The minimum Gasteiger partial charge on any atom is -0.326 e. The Labute approximate surface area is 152 Å². The number of anilines is 2. The molecule has 0 radical (unpaired) electrons. The molecule has 2 aromatic rings. The van der Waals surface area contributed by atoms with Gasteiger partial charge in [0.1, 0.15) is 0 Å². The molecule has 3 nitrogen and oxygen atoms in total. The zero-order chi connectivity index (χ0) is 18.2. The van der Waals surface area contributed by atoms with Crippen molar-refractivity contribution >= 4 is 17.3 Å². The molecule has 0 aliphatic carbocycles. The summed E-state index contributed by atoms with van der Waals surface area (Å²) < 4.78 is 0. The first-order chi connectivity index (χ1) is 12.1. The van der Waals surface area contributed by atoms with E-state index in [-0.39, 0.29) is 0 Å². The molecule has 0 spiro atoms. The fraction of sp³-hybridized carbons (Fsp3) is 0.409. The van der Waals surface area contributed by atoms with Crippen molar-refractivity contribution in [2.45, 2.75) is 52.4 Å². The lowest BCUT2D eigenvalue weighted by molar-refractivity contribution is 0.734. The summed E-state index contributed by atoms with van der Waals surface area (Å²) in [6.07, 6.45) is 2.28. The van der Waals surface area contributed by atoms with E-state index in [1.807, 2.05) is 0 Å². The van der Waals surface area contributed by atoms with Gasteiger partial charge in [-0.3, -0.25) is 4.99 Å². The second-order valence-electron chi connectivity index (χ2n) is 6.69. The van der Waals surface area contributed by atoms with Gasteiger partial charge in [0.2, 0.25) is 0 Å². The lowest BCUT2D eigenvalue weighted by Crippen LogP contribution is -2.22. The Morgan fingerprint density at radius 2 is 1.28 bits per heavy atom. The summed E-state index contributed by atoms with van der Waals surface area (Å²) in [5, 5.41) is 6.80. The average Bonchev–Trinajstić information content (AvgIpc) is 2.66. The van der Waals surface area contributed by atoms with Gasteiger partial charge in [0.25, 0.3) is 0 Å². The maximum atomic E-state index is 4.36. The van der Waals surface area contributed by atoms with Crippen molar-refractivity contribution in [1.29, 1.82) is 0 Å². The van der Waals surface area contributed by atoms with Crippen molar-refractivity contribution in [2.24, 2.45) is 4.99 Å². The third-order valence-electron chi connectivity index (χ3n) is 4.89. The third-order valence-corrected chi connectivity index (χ3v) is 4.89. The van der Waals surface area contributed by atoms with E-state index >= 15 is 0 Å². The molecule has 2 aromatic carbocycles. The molecule has 2 unspecified atom stereocenters. The Morgan fingerprint density at radius 3 is 1.64 bits per heavy atom. The van der Waals surface area contributed by atoms with Crippen LogP contribution in [0.3, 0.4) is 0 Å². The largest absolute Gasteiger partial charge is 0.326 e. The number of hydrogen-bond acceptors (Lipinski definition) is 1. The van der Waals surface area contributed by atoms with Crippen LogP contribution in [0.5, 0.6) is 0 Å². The van der Waals surface area contributed by atoms with Crippen LogP contribution >= 0.6 is 0 Å². The minimum atomic E-state index is 0.559. The van der Waals surface area contributed by atoms with Gasteiger partial charge in [-0.15, -0.1) is 0 Å². The molecule has 0 amide bonds. The average molecular weight is 338 g/mol. The monoisotopic (exact) mass is 337 g/mol. The standard InChI is InChI=1S/C22H31N3/c1-6-16(3)18-10-8-12-20(14-18)24-22(23-5)25-21-13-9-11-19(15-21)17(4)7-2/h8-17H,6-7H2,1-5H3,(H2,23,24,25). The van der Waals surface area contributed by atoms with Gasteiger partial charge in [-0.1, -0.05) is 52.0 Å². The molecule has 2 N–H and O–H groups in total. The molecular formula is C22H31N3. The van der Waals surface area contributed by atoms with E-state index in [2.05, 4.69) is 91.9 Å². The highest BCUT2D eigenvalue weighted by Gasteiger charge is 2.07. The van der Waals surface area contributed by atoms with E-state index in [0.29, 0.717) is 11.8 Å². The summed E-state index contributed by atoms with van der Waals surface area (Å²) >= 11 is 0. The molecule has 25 heavy (non-hydrogen) atoms. The van der Waals surface area contributed by atoms with E-state index < -0.39 is 0 Å². The summed E-state index contributed by atoms with van der Waals surface area (Å²) in [6.45, 7) is 8.95. The molecule has 2 atom stereocenters. The van der Waals surface area contributed by atoms with Crippen molar-refractivity contribution in [3.05, 3.63) is 59.7 Å². The highest BCUT2D eigenvalue weighted by Crippen LogP contribution is 2.23. The van der Waals surface area contributed by atoms with Crippen LogP contribution in [0.25, 0.3) is 0 Å². The van der Waals surface area contributed by atoms with Crippen LogP contribution in [0.1, 0.15) is 63.5 Å². The van der Waals surface area contributed by atoms with Crippen LogP contribution < -0.4 is 10.6 Å². The predicted octanol–water partition coefficient (Wildman–Crippen LogP) is 6.22. The number of nitrogens with zero attached hydrogens (tertiary/aromatic N) is 1. The fourth-order valence-electron chi connectivity index (χ4n) is 2.73. The summed E-state index contributed by atoms with van der Waals surface area (Å²) in [5.41, 5.74) is 4.82. The highest BCUT2D eigenvalue weighted by atomic mass is 15.2.